The molecule has 10 nitrogen and oxygen atoms in total. The molecule has 0 amide bonds. The number of hydrogen-bond acceptors (Lipinski definition) is 10. The number of rotatable bonds is 10. The lowest BCUT2D eigenvalue weighted by Gasteiger charge is -2.17. The number of esters is 2. The van der Waals surface area contributed by atoms with Gasteiger partial charge in [-0.3, -0.25) is 9.52 Å². The number of sulfonamides is 1. The second-order valence-corrected chi connectivity index (χ2v) is 11.5. The van der Waals surface area contributed by atoms with Crippen LogP contribution in [0.5, 0.6) is 0 Å². The number of fused-ring (bicyclic) bond motifs is 1. The predicted octanol–water partition coefficient (Wildman–Crippen LogP) is 3.37. The lowest BCUT2D eigenvalue weighted by atomic mass is 10.2. The number of thioether (sulfide) groups is 1. The van der Waals surface area contributed by atoms with Gasteiger partial charge in [0.25, 0.3) is 10.0 Å². The number of aromatic nitrogens is 2. The first-order chi connectivity index (χ1) is 16.6. The molecule has 0 atom stereocenters. The zero-order chi connectivity index (χ0) is 25.8. The summed E-state index contributed by atoms with van der Waals surface area (Å²) in [7, 11) is -4.08. The molecule has 1 N–H and O–H groups in total. The van der Waals surface area contributed by atoms with Gasteiger partial charge in [0, 0.05) is 10.6 Å². The van der Waals surface area contributed by atoms with Crippen LogP contribution in [0.1, 0.15) is 41.2 Å². The van der Waals surface area contributed by atoms with Crippen molar-refractivity contribution in [3.63, 3.8) is 0 Å². The van der Waals surface area contributed by atoms with Crippen molar-refractivity contribution >= 4 is 50.9 Å². The lowest BCUT2D eigenvalue weighted by molar-refractivity contribution is -0.142. The Labute approximate surface area is 211 Å². The Morgan fingerprint density at radius 3 is 2.40 bits per heavy atom. The van der Waals surface area contributed by atoms with Crippen LogP contribution in [-0.4, -0.2) is 48.9 Å². The van der Waals surface area contributed by atoms with Crippen molar-refractivity contribution in [2.45, 2.75) is 43.2 Å². The largest absolute Gasteiger partial charge is 0.466 e. The molecule has 0 spiro atoms. The summed E-state index contributed by atoms with van der Waals surface area (Å²) in [5.41, 5.74) is 0.153. The van der Waals surface area contributed by atoms with Crippen LogP contribution in [0.25, 0.3) is 5.69 Å². The van der Waals surface area contributed by atoms with Crippen molar-refractivity contribution in [3.05, 3.63) is 50.9 Å². The highest BCUT2D eigenvalue weighted by Crippen LogP contribution is 2.39. The number of benzene rings is 1. The van der Waals surface area contributed by atoms with Crippen LogP contribution in [0.15, 0.2) is 38.2 Å². The van der Waals surface area contributed by atoms with Gasteiger partial charge >= 0.3 is 17.6 Å². The summed E-state index contributed by atoms with van der Waals surface area (Å²) in [4.78, 5) is 41.7. The van der Waals surface area contributed by atoms with Crippen LogP contribution < -0.4 is 10.4 Å². The molecule has 0 fully saturated rings. The highest BCUT2D eigenvalue weighted by atomic mass is 32.2. The molecule has 2 aliphatic heterocycles. The van der Waals surface area contributed by atoms with Gasteiger partial charge < -0.3 is 9.47 Å². The average molecular weight is 540 g/mol. The van der Waals surface area contributed by atoms with Gasteiger partial charge in [0.05, 0.1) is 28.7 Å². The number of ether oxygens (including phenoxy) is 2. The summed E-state index contributed by atoms with van der Waals surface area (Å²) in [6, 6.07) is 6.19. The molecule has 3 rings (SSSR count). The SMILES string of the molecule is CCOC(=O)CCSc1sc(C)c(C(=O)OCC)n2c(=O)nc(NS(=O)(=O)c3ccc(C)cc3)c1-2. The Morgan fingerprint density at radius 2 is 1.77 bits per heavy atom. The first-order valence-corrected chi connectivity index (χ1v) is 14.0. The van der Waals surface area contributed by atoms with E-state index >= 15 is 0 Å². The number of carbonyl (C=O) groups excluding carboxylic acids is 2. The number of aryl methyl sites for hydroxylation is 2. The Kier molecular flexibility index (Phi) is 8.56. The Morgan fingerprint density at radius 1 is 1.11 bits per heavy atom. The highest BCUT2D eigenvalue weighted by Gasteiger charge is 2.31. The van der Waals surface area contributed by atoms with E-state index in [1.54, 1.807) is 32.9 Å². The van der Waals surface area contributed by atoms with E-state index in [1.165, 1.54) is 35.2 Å². The molecular weight excluding hydrogens is 514 g/mol. The third kappa shape index (κ3) is 6.03. The van der Waals surface area contributed by atoms with Crippen molar-refractivity contribution in [1.82, 2.24) is 9.55 Å². The van der Waals surface area contributed by atoms with Crippen LogP contribution >= 0.6 is 23.1 Å². The van der Waals surface area contributed by atoms with Crippen molar-refractivity contribution in [2.75, 3.05) is 23.7 Å². The van der Waals surface area contributed by atoms with E-state index in [1.807, 2.05) is 6.92 Å². The Hall–Kier alpha value is -2.90. The fourth-order valence-electron chi connectivity index (χ4n) is 3.16. The maximum atomic E-state index is 13.0. The fraction of sp³-hybridized carbons (Fsp3) is 0.364. The molecule has 0 aromatic heterocycles. The number of nitrogens with zero attached hydrogens (tertiary/aromatic N) is 2. The molecule has 35 heavy (non-hydrogen) atoms. The number of hydrogen-bond donors (Lipinski definition) is 1. The van der Waals surface area contributed by atoms with Gasteiger partial charge in [-0.2, -0.15) is 4.98 Å². The van der Waals surface area contributed by atoms with Gasteiger partial charge in [-0.25, -0.2) is 22.6 Å². The standard InChI is InChI=1S/C22H25N3O7S3/c1-5-31-16(26)11-12-33-21-18-19(24-35(29,30)15-9-7-13(3)8-10-15)23-22(28)25(18)17(14(4)34-21)20(27)32-6-2/h7-10H,5-6,11-12H2,1-4H3,(H,23,24,28). The summed E-state index contributed by atoms with van der Waals surface area (Å²) >= 11 is 2.41. The van der Waals surface area contributed by atoms with Gasteiger partial charge in [-0.05, 0) is 39.8 Å². The van der Waals surface area contributed by atoms with Crippen LogP contribution in [-0.2, 0) is 24.3 Å². The first kappa shape index (κ1) is 26.7. The quantitative estimate of drug-likeness (QED) is 0.304. The fourth-order valence-corrected chi connectivity index (χ4v) is 6.64. The number of anilines is 1. The smallest absolute Gasteiger partial charge is 0.356 e. The first-order valence-electron chi connectivity index (χ1n) is 10.7. The third-order valence-electron chi connectivity index (χ3n) is 4.72. The average Bonchev–Trinajstić information content (AvgIpc) is 3.09. The van der Waals surface area contributed by atoms with Crippen LogP contribution in [0.4, 0.5) is 5.82 Å². The lowest BCUT2D eigenvalue weighted by Crippen LogP contribution is -2.24. The molecule has 0 saturated carbocycles. The van der Waals surface area contributed by atoms with Crippen molar-refractivity contribution < 1.29 is 27.5 Å². The zero-order valence-corrected chi connectivity index (χ0v) is 22.1. The second kappa shape index (κ2) is 11.2. The molecule has 0 saturated heterocycles. The molecule has 0 aliphatic carbocycles. The Bertz CT molecular complexity index is 1360. The summed E-state index contributed by atoms with van der Waals surface area (Å²) in [5, 5.41) is 0. The molecule has 2 aliphatic rings. The minimum atomic E-state index is -4.08. The summed E-state index contributed by atoms with van der Waals surface area (Å²) in [5.74, 6) is -1.00. The van der Waals surface area contributed by atoms with Crippen LogP contribution in [0.3, 0.4) is 0 Å². The Balaban J connectivity index is 2.09. The van der Waals surface area contributed by atoms with Gasteiger partial charge in [0.2, 0.25) is 0 Å². The molecular formula is C22H25N3O7S3. The van der Waals surface area contributed by atoms with E-state index < -0.39 is 21.7 Å². The maximum absolute atomic E-state index is 13.0. The summed E-state index contributed by atoms with van der Waals surface area (Å²) in [6.07, 6.45) is 0.110. The van der Waals surface area contributed by atoms with Gasteiger partial charge in [-0.1, -0.05) is 17.7 Å². The second-order valence-electron chi connectivity index (χ2n) is 7.26. The summed E-state index contributed by atoms with van der Waals surface area (Å²) < 4.78 is 40.1. The maximum Gasteiger partial charge on any atom is 0.356 e. The number of carbonyl (C=O) groups is 2. The minimum Gasteiger partial charge on any atom is -0.466 e. The van der Waals surface area contributed by atoms with E-state index in [-0.39, 0.29) is 47.7 Å². The molecule has 0 radical (unpaired) electrons. The van der Waals surface area contributed by atoms with Gasteiger partial charge in [0.1, 0.15) is 11.4 Å². The molecule has 188 valence electrons. The predicted molar refractivity (Wildman–Crippen MR) is 134 cm³/mol. The number of imidazole rings is 1. The van der Waals surface area contributed by atoms with Gasteiger partial charge in [0.15, 0.2) is 5.82 Å². The van der Waals surface area contributed by atoms with E-state index in [0.29, 0.717) is 14.8 Å². The molecule has 2 heterocycles. The molecule has 13 heteroatoms. The van der Waals surface area contributed by atoms with Gasteiger partial charge in [-0.15, -0.1) is 23.1 Å². The normalized spacial score (nSPS) is 11.4. The van der Waals surface area contributed by atoms with E-state index in [2.05, 4.69) is 9.71 Å². The molecule has 0 unspecified atom stereocenters. The van der Waals surface area contributed by atoms with Crippen LogP contribution in [0.2, 0.25) is 0 Å². The van der Waals surface area contributed by atoms with E-state index in [4.69, 9.17) is 9.47 Å². The minimum absolute atomic E-state index is 0.00499. The monoisotopic (exact) mass is 539 g/mol. The van der Waals surface area contributed by atoms with Crippen molar-refractivity contribution in [3.8, 4) is 5.69 Å². The van der Waals surface area contributed by atoms with Crippen molar-refractivity contribution in [2.24, 2.45) is 0 Å². The van der Waals surface area contributed by atoms with Crippen LogP contribution in [0, 0.1) is 13.8 Å². The molecule has 0 bridgehead atoms. The van der Waals surface area contributed by atoms with E-state index in [9.17, 15) is 22.8 Å². The van der Waals surface area contributed by atoms with E-state index in [0.717, 1.165) is 10.1 Å². The number of nitrogens with one attached hydrogen (secondary N) is 1. The topological polar surface area (TPSA) is 134 Å². The van der Waals surface area contributed by atoms with Crippen molar-refractivity contribution in [1.29, 1.82) is 0 Å². The highest BCUT2D eigenvalue weighted by molar-refractivity contribution is 8.01. The third-order valence-corrected chi connectivity index (χ3v) is 8.42. The summed E-state index contributed by atoms with van der Waals surface area (Å²) in [6.45, 7) is 7.19. The molecule has 1 aromatic carbocycles. The molecule has 1 aromatic rings. The zero-order valence-electron chi connectivity index (χ0n) is 19.6.